The van der Waals surface area contributed by atoms with Crippen molar-refractivity contribution in [3.05, 3.63) is 114 Å². The molecule has 6 aromatic rings. The standard InChI is InChI=1S/C69H90F4N10O6S2/c1-37-25-59(90-7)54(64(85)76-37)34-74-66(87)61-41(5)82(39(3)42-9-13-44(14-10-42)78-46-30-68(70,71)31-46)56-20-18-48(27-53(56)61)80(6)49-22-24-89-58(29-49)63-62(67(88)75-35-55-60(91-8)26-38(2)77-65(55)86)52-19-17-50(81-23-21-51(84)36-81)28-57(52)83(63)40(4)43-11-15-45(16-12-43)79-47-32-69(72,73)33-47/h17-20,25-28,39-40,42-47,49,51,58,78-79,84H,9-16,21-24,29-36H2,1-8H3,(H,74,87)(H,75,88)(H,76,85)(H,77,86)/t39-,40-,42?,43?,44?,45?,49?,51?,58?/m1/s1. The predicted molar refractivity (Wildman–Crippen MR) is 354 cm³/mol. The Labute approximate surface area is 538 Å². The average molecular weight is 1300 g/mol. The zero-order valence-corrected chi connectivity index (χ0v) is 55.4. The van der Waals surface area contributed by atoms with Gasteiger partial charge in [-0.25, -0.2) is 17.6 Å². The predicted octanol–water partition coefficient (Wildman–Crippen LogP) is 12.1. The number of alkyl halides is 4. The van der Waals surface area contributed by atoms with Crippen LogP contribution in [0.1, 0.15) is 183 Å². The SMILES string of the molecule is CSc1cc(C)[nH]c(=O)c1CNC(=O)c1c(C)n([C@H](C)C2CCC(NC3CC(F)(F)C3)CC2)c2ccc(N(C)C3CCOC(c4c(C(=O)NCc5c(SC)cc(C)[nH]c5=O)c5ccc(N6CCC(O)C6)cc5n4[C@H](C)C4CCC(NC5CC(F)(F)C5)CC4)C3)cc12. The van der Waals surface area contributed by atoms with Crippen molar-refractivity contribution in [1.29, 1.82) is 0 Å². The number of aliphatic hydroxyl groups is 1. The molecule has 0 spiro atoms. The van der Waals surface area contributed by atoms with Gasteiger partial charge in [-0.15, -0.1) is 23.5 Å². The van der Waals surface area contributed by atoms with E-state index in [1.165, 1.54) is 23.5 Å². The number of nitrogens with zero attached hydrogens (tertiary/aromatic N) is 4. The van der Waals surface area contributed by atoms with E-state index in [0.29, 0.717) is 61.2 Å². The summed E-state index contributed by atoms with van der Waals surface area (Å²) in [4.78, 5) is 69.3. The summed E-state index contributed by atoms with van der Waals surface area (Å²) in [5, 5.41) is 25.7. The van der Waals surface area contributed by atoms with Gasteiger partial charge in [0.15, 0.2) is 0 Å². The highest BCUT2D eigenvalue weighted by Crippen LogP contribution is 2.47. The maximum atomic E-state index is 15.5. The molecule has 22 heteroatoms. The quantitative estimate of drug-likeness (QED) is 0.0283. The average Bonchev–Trinajstić information content (AvgIpc) is 1.60. The minimum absolute atomic E-state index is 0.000433. The molecule has 16 nitrogen and oxygen atoms in total. The molecule has 492 valence electrons. The number of aryl methyl sites for hydroxylation is 2. The Morgan fingerprint density at radius 1 is 0.681 bits per heavy atom. The van der Waals surface area contributed by atoms with Crippen LogP contribution in [0.4, 0.5) is 28.9 Å². The number of pyridine rings is 2. The number of benzene rings is 2. The lowest BCUT2D eigenvalue weighted by Gasteiger charge is -2.41. The molecule has 6 fully saturated rings. The van der Waals surface area contributed by atoms with Crippen LogP contribution in [-0.2, 0) is 17.8 Å². The van der Waals surface area contributed by atoms with E-state index in [-0.39, 0.29) is 116 Å². The number of carbonyl (C=O) groups is 2. The summed E-state index contributed by atoms with van der Waals surface area (Å²) in [5.74, 6) is -5.37. The molecule has 2 saturated heterocycles. The van der Waals surface area contributed by atoms with Crippen LogP contribution < -0.4 is 42.2 Å². The third-order valence-corrected chi connectivity index (χ3v) is 23.0. The summed E-state index contributed by atoms with van der Waals surface area (Å²) in [6, 6.07) is 16.1. The van der Waals surface area contributed by atoms with E-state index in [4.69, 9.17) is 4.74 Å². The molecule has 0 radical (unpaired) electrons. The number of β-amino-alcohol motifs (C(OH)–C–C–N with tert-alkyl or cyclic N) is 1. The van der Waals surface area contributed by atoms with Crippen molar-refractivity contribution in [2.45, 2.75) is 220 Å². The fourth-order valence-electron chi connectivity index (χ4n) is 16.2. The van der Waals surface area contributed by atoms with Gasteiger partial charge in [-0.3, -0.25) is 19.2 Å². The molecule has 6 aliphatic rings. The van der Waals surface area contributed by atoms with E-state index in [2.05, 4.69) is 95.3 Å². The number of anilines is 2. The van der Waals surface area contributed by atoms with Crippen molar-refractivity contribution in [2.75, 3.05) is 49.1 Å². The van der Waals surface area contributed by atoms with E-state index < -0.39 is 24.1 Å². The van der Waals surface area contributed by atoms with E-state index in [1.807, 2.05) is 57.5 Å². The van der Waals surface area contributed by atoms with Gasteiger partial charge in [0.2, 0.25) is 0 Å². The van der Waals surface area contributed by atoms with E-state index in [1.54, 1.807) is 0 Å². The van der Waals surface area contributed by atoms with Gasteiger partial charge >= 0.3 is 0 Å². The highest BCUT2D eigenvalue weighted by molar-refractivity contribution is 7.98. The van der Waals surface area contributed by atoms with Gasteiger partial charge in [-0.05, 0) is 178 Å². The summed E-state index contributed by atoms with van der Waals surface area (Å²) in [7, 11) is 2.08. The second kappa shape index (κ2) is 26.5. The number of hydrogen-bond donors (Lipinski definition) is 7. The van der Waals surface area contributed by atoms with Crippen LogP contribution in [-0.4, -0.2) is 123 Å². The molecule has 7 N–H and O–H groups in total. The minimum Gasteiger partial charge on any atom is -0.391 e. The summed E-state index contributed by atoms with van der Waals surface area (Å²) in [6.07, 6.45) is 11.0. The summed E-state index contributed by atoms with van der Waals surface area (Å²) < 4.78 is 67.2. The Kier molecular flexibility index (Phi) is 19.0. The van der Waals surface area contributed by atoms with Gasteiger partial charge in [0.05, 0.1) is 28.4 Å². The van der Waals surface area contributed by atoms with Crippen LogP contribution in [0.2, 0.25) is 0 Å². The number of fused-ring (bicyclic) bond motifs is 2. The normalized spacial score (nSPS) is 25.1. The molecule has 4 aromatic heterocycles. The van der Waals surface area contributed by atoms with Crippen LogP contribution in [0.5, 0.6) is 0 Å². The molecule has 5 atom stereocenters. The van der Waals surface area contributed by atoms with Crippen molar-refractivity contribution in [3.63, 3.8) is 0 Å². The highest BCUT2D eigenvalue weighted by atomic mass is 32.2. The molecule has 4 aliphatic carbocycles. The fraction of sp³-hybridized carbons (Fsp3) is 0.594. The van der Waals surface area contributed by atoms with E-state index in [0.717, 1.165) is 117 Å². The zero-order valence-electron chi connectivity index (χ0n) is 53.7. The molecule has 12 rings (SSSR count). The van der Waals surface area contributed by atoms with Gasteiger partial charge < -0.3 is 60.0 Å². The Balaban J connectivity index is 0.892. The zero-order chi connectivity index (χ0) is 64.4. The van der Waals surface area contributed by atoms with Gasteiger partial charge in [-0.1, -0.05) is 0 Å². The largest absolute Gasteiger partial charge is 0.391 e. The number of aliphatic hydroxyl groups excluding tert-OH is 1. The topological polar surface area (TPSA) is 194 Å². The maximum Gasteiger partial charge on any atom is 0.254 e. The first-order valence-electron chi connectivity index (χ1n) is 32.9. The number of ether oxygens (including phenoxy) is 1. The Morgan fingerprint density at radius 3 is 1.74 bits per heavy atom. The van der Waals surface area contributed by atoms with Gasteiger partial charge in [0, 0.05) is 173 Å². The first-order valence-corrected chi connectivity index (χ1v) is 35.4. The van der Waals surface area contributed by atoms with Crippen LogP contribution in [0.25, 0.3) is 21.8 Å². The molecule has 2 amide bonds. The lowest BCUT2D eigenvalue weighted by Crippen LogP contribution is -2.52. The van der Waals surface area contributed by atoms with Crippen molar-refractivity contribution in [2.24, 2.45) is 11.8 Å². The first-order chi connectivity index (χ1) is 43.5. The van der Waals surface area contributed by atoms with Gasteiger partial charge in [0.25, 0.3) is 34.8 Å². The second-order valence-electron chi connectivity index (χ2n) is 27.4. The molecule has 2 aromatic carbocycles. The summed E-state index contributed by atoms with van der Waals surface area (Å²) in [5.41, 5.74) is 8.08. The molecule has 3 unspecified atom stereocenters. The van der Waals surface area contributed by atoms with Crippen LogP contribution >= 0.6 is 23.5 Å². The van der Waals surface area contributed by atoms with E-state index in [9.17, 15) is 37.1 Å². The molecule has 6 heterocycles. The van der Waals surface area contributed by atoms with Gasteiger partial charge in [0.1, 0.15) is 6.10 Å². The van der Waals surface area contributed by atoms with Crippen molar-refractivity contribution in [1.82, 2.24) is 40.4 Å². The summed E-state index contributed by atoms with van der Waals surface area (Å²) >= 11 is 2.91. The van der Waals surface area contributed by atoms with Crippen LogP contribution in [0, 0.1) is 32.6 Å². The lowest BCUT2D eigenvalue weighted by atomic mass is 9.80. The summed E-state index contributed by atoms with van der Waals surface area (Å²) in [6.45, 7) is 11.7. The monoisotopic (exact) mass is 1290 g/mol. The third-order valence-electron chi connectivity index (χ3n) is 21.4. The number of halogens is 4. The molecule has 4 saturated carbocycles. The third kappa shape index (κ3) is 13.5. The molecule has 91 heavy (non-hydrogen) atoms. The van der Waals surface area contributed by atoms with Crippen molar-refractivity contribution < 1.29 is 37.0 Å². The molecule has 2 aliphatic heterocycles. The number of amides is 2. The Bertz CT molecular complexity index is 3800. The smallest absolute Gasteiger partial charge is 0.254 e. The number of nitrogens with one attached hydrogen (secondary N) is 6. The number of thioether (sulfide) groups is 2. The Hall–Kier alpha value is -5.78. The van der Waals surface area contributed by atoms with Crippen molar-refractivity contribution >= 4 is 68.5 Å². The van der Waals surface area contributed by atoms with Crippen molar-refractivity contribution in [3.8, 4) is 0 Å². The fourth-order valence-corrected chi connectivity index (χ4v) is 17.7. The van der Waals surface area contributed by atoms with Gasteiger partial charge in [-0.2, -0.15) is 0 Å². The highest BCUT2D eigenvalue weighted by Gasteiger charge is 2.48. The number of rotatable bonds is 20. The number of aromatic nitrogens is 4. The minimum atomic E-state index is -2.61. The van der Waals surface area contributed by atoms with Crippen LogP contribution in [0.15, 0.2) is 67.9 Å². The lowest BCUT2D eigenvalue weighted by molar-refractivity contribution is -0.0964. The first kappa shape index (κ1) is 65.3. The second-order valence-corrected chi connectivity index (χ2v) is 29.1. The molecule has 0 bridgehead atoms. The molecular formula is C69H90F4N10O6S2. The number of carbonyl (C=O) groups excluding carboxylic acids is 2. The maximum absolute atomic E-state index is 15.5. The number of aromatic amines is 2. The van der Waals surface area contributed by atoms with E-state index >= 15 is 4.79 Å². The number of hydrogen-bond acceptors (Lipinski definition) is 12. The van der Waals surface area contributed by atoms with Crippen LogP contribution in [0.3, 0.4) is 0 Å². The molecular weight excluding hydrogens is 1200 g/mol. The number of H-pyrrole nitrogens is 2. The Morgan fingerprint density at radius 2 is 1.22 bits per heavy atom.